The van der Waals surface area contributed by atoms with Crippen molar-refractivity contribution in [1.82, 2.24) is 4.98 Å². The average molecular weight is 252 g/mol. The van der Waals surface area contributed by atoms with E-state index in [1.165, 1.54) is 0 Å². The molecule has 0 saturated carbocycles. The van der Waals surface area contributed by atoms with Crippen LogP contribution in [0.3, 0.4) is 0 Å². The molecule has 0 aliphatic carbocycles. The van der Waals surface area contributed by atoms with Gasteiger partial charge in [0.1, 0.15) is 0 Å². The van der Waals surface area contributed by atoms with Gasteiger partial charge in [-0.2, -0.15) is 0 Å². The standard InChI is InChI=1S/C16H16N2O/c19-16-9-12-18(15-7-2-1-6-14(15)16)11-8-13-5-3-4-10-17-13/h1-7,10H,8-9,11-12H2. The van der Waals surface area contributed by atoms with Crippen LogP contribution in [0.1, 0.15) is 22.5 Å². The zero-order valence-electron chi connectivity index (χ0n) is 10.7. The Morgan fingerprint density at radius 2 is 1.95 bits per heavy atom. The summed E-state index contributed by atoms with van der Waals surface area (Å²) < 4.78 is 0. The maximum absolute atomic E-state index is 11.9. The molecule has 3 nitrogen and oxygen atoms in total. The van der Waals surface area contributed by atoms with E-state index in [1.54, 1.807) is 0 Å². The van der Waals surface area contributed by atoms with Gasteiger partial charge in [-0.3, -0.25) is 9.78 Å². The summed E-state index contributed by atoms with van der Waals surface area (Å²) in [6.45, 7) is 1.71. The minimum absolute atomic E-state index is 0.254. The van der Waals surface area contributed by atoms with Gasteiger partial charge in [0.05, 0.1) is 0 Å². The van der Waals surface area contributed by atoms with Crippen molar-refractivity contribution in [3.05, 3.63) is 59.9 Å². The molecule has 0 amide bonds. The number of aromatic nitrogens is 1. The molecule has 0 fully saturated rings. The number of hydrogen-bond acceptors (Lipinski definition) is 3. The van der Waals surface area contributed by atoms with Crippen LogP contribution in [0.25, 0.3) is 0 Å². The second-order valence-corrected chi connectivity index (χ2v) is 4.75. The fraction of sp³-hybridized carbons (Fsp3) is 0.250. The van der Waals surface area contributed by atoms with E-state index in [1.807, 2.05) is 48.7 Å². The highest BCUT2D eigenvalue weighted by Gasteiger charge is 2.21. The molecular weight excluding hydrogens is 236 g/mol. The van der Waals surface area contributed by atoms with Crippen LogP contribution in [-0.4, -0.2) is 23.9 Å². The summed E-state index contributed by atoms with van der Waals surface area (Å²) in [5.41, 5.74) is 3.02. The monoisotopic (exact) mass is 252 g/mol. The molecule has 1 aromatic carbocycles. The molecule has 3 rings (SSSR count). The number of benzene rings is 1. The number of carbonyl (C=O) groups excluding carboxylic acids is 1. The molecule has 3 heteroatoms. The van der Waals surface area contributed by atoms with Crippen molar-refractivity contribution < 1.29 is 4.79 Å². The molecule has 0 spiro atoms. The number of hydrogen-bond donors (Lipinski definition) is 0. The molecular formula is C16H16N2O. The summed E-state index contributed by atoms with van der Waals surface area (Å²) in [4.78, 5) is 18.5. The van der Waals surface area contributed by atoms with Crippen molar-refractivity contribution in [3.8, 4) is 0 Å². The lowest BCUT2D eigenvalue weighted by Gasteiger charge is -2.30. The molecule has 1 aromatic heterocycles. The van der Waals surface area contributed by atoms with E-state index >= 15 is 0 Å². The number of nitrogens with zero attached hydrogens (tertiary/aromatic N) is 2. The molecule has 1 aliphatic rings. The Labute approximate surface area is 112 Å². The number of fused-ring (bicyclic) bond motifs is 1. The molecule has 2 heterocycles. The van der Waals surface area contributed by atoms with E-state index in [-0.39, 0.29) is 5.78 Å². The summed E-state index contributed by atoms with van der Waals surface area (Å²) >= 11 is 0. The maximum Gasteiger partial charge on any atom is 0.166 e. The number of para-hydroxylation sites is 1. The zero-order valence-corrected chi connectivity index (χ0v) is 10.7. The SMILES string of the molecule is O=C1CCN(CCc2ccccn2)c2ccccc21. The molecule has 0 radical (unpaired) electrons. The Bertz CT molecular complexity index is 580. The van der Waals surface area contributed by atoms with Crippen LogP contribution in [0.4, 0.5) is 5.69 Å². The topological polar surface area (TPSA) is 33.2 Å². The number of ketones is 1. The van der Waals surface area contributed by atoms with Gasteiger partial charge in [0.15, 0.2) is 5.78 Å². The van der Waals surface area contributed by atoms with Gasteiger partial charge in [0.25, 0.3) is 0 Å². The van der Waals surface area contributed by atoms with Gasteiger partial charge in [-0.1, -0.05) is 18.2 Å². The summed E-state index contributed by atoms with van der Waals surface area (Å²) in [6.07, 6.45) is 3.34. The predicted octanol–water partition coefficient (Wildman–Crippen LogP) is 2.72. The lowest BCUT2D eigenvalue weighted by molar-refractivity contribution is 0.0980. The number of rotatable bonds is 3. The molecule has 96 valence electrons. The Kier molecular flexibility index (Phi) is 3.27. The van der Waals surface area contributed by atoms with Crippen molar-refractivity contribution in [1.29, 1.82) is 0 Å². The molecule has 0 atom stereocenters. The molecule has 0 unspecified atom stereocenters. The minimum atomic E-state index is 0.254. The molecule has 0 N–H and O–H groups in total. The first-order valence-electron chi connectivity index (χ1n) is 6.62. The van der Waals surface area contributed by atoms with Crippen LogP contribution in [0.2, 0.25) is 0 Å². The highest BCUT2D eigenvalue weighted by molar-refractivity contribution is 6.03. The Balaban J connectivity index is 1.76. The first-order chi connectivity index (χ1) is 9.34. The summed E-state index contributed by atoms with van der Waals surface area (Å²) in [6, 6.07) is 13.9. The first-order valence-corrected chi connectivity index (χ1v) is 6.62. The summed E-state index contributed by atoms with van der Waals surface area (Å²) in [7, 11) is 0. The van der Waals surface area contributed by atoms with Crippen LogP contribution in [0, 0.1) is 0 Å². The molecule has 19 heavy (non-hydrogen) atoms. The van der Waals surface area contributed by atoms with E-state index in [2.05, 4.69) is 9.88 Å². The zero-order chi connectivity index (χ0) is 13.1. The van der Waals surface area contributed by atoms with E-state index in [0.29, 0.717) is 6.42 Å². The second kappa shape index (κ2) is 5.22. The Morgan fingerprint density at radius 3 is 2.79 bits per heavy atom. The largest absolute Gasteiger partial charge is 0.370 e. The van der Waals surface area contributed by atoms with Gasteiger partial charge in [-0.25, -0.2) is 0 Å². The molecule has 2 aromatic rings. The van der Waals surface area contributed by atoms with Gasteiger partial charge in [0, 0.05) is 49.1 Å². The smallest absolute Gasteiger partial charge is 0.166 e. The highest BCUT2D eigenvalue weighted by Crippen LogP contribution is 2.26. The number of Topliss-reactive ketones (excluding diaryl/α,β-unsaturated/α-hetero) is 1. The van der Waals surface area contributed by atoms with Crippen molar-refractivity contribution in [2.75, 3.05) is 18.0 Å². The Morgan fingerprint density at radius 1 is 1.11 bits per heavy atom. The van der Waals surface area contributed by atoms with Crippen LogP contribution in [0.15, 0.2) is 48.7 Å². The summed E-state index contributed by atoms with van der Waals surface area (Å²) in [5, 5.41) is 0. The van der Waals surface area contributed by atoms with Crippen LogP contribution in [-0.2, 0) is 6.42 Å². The van der Waals surface area contributed by atoms with Crippen molar-refractivity contribution in [2.45, 2.75) is 12.8 Å². The third-order valence-corrected chi connectivity index (χ3v) is 3.52. The fourth-order valence-corrected chi connectivity index (χ4v) is 2.50. The van der Waals surface area contributed by atoms with E-state index < -0.39 is 0 Å². The van der Waals surface area contributed by atoms with Crippen molar-refractivity contribution >= 4 is 11.5 Å². The second-order valence-electron chi connectivity index (χ2n) is 4.75. The third-order valence-electron chi connectivity index (χ3n) is 3.52. The van der Waals surface area contributed by atoms with Crippen LogP contribution < -0.4 is 4.90 Å². The summed E-state index contributed by atoms with van der Waals surface area (Å²) in [5.74, 6) is 0.254. The molecule has 1 aliphatic heterocycles. The third kappa shape index (κ3) is 2.50. The number of pyridine rings is 1. The van der Waals surface area contributed by atoms with Gasteiger partial charge in [-0.05, 0) is 24.3 Å². The van der Waals surface area contributed by atoms with Gasteiger partial charge >= 0.3 is 0 Å². The van der Waals surface area contributed by atoms with Crippen LogP contribution in [0.5, 0.6) is 0 Å². The average Bonchev–Trinajstić information content (AvgIpc) is 2.48. The van der Waals surface area contributed by atoms with E-state index in [0.717, 1.165) is 36.5 Å². The molecule has 0 bridgehead atoms. The highest BCUT2D eigenvalue weighted by atomic mass is 16.1. The van der Waals surface area contributed by atoms with E-state index in [9.17, 15) is 4.79 Å². The number of anilines is 1. The van der Waals surface area contributed by atoms with Crippen LogP contribution >= 0.6 is 0 Å². The lowest BCUT2D eigenvalue weighted by Crippen LogP contribution is -2.33. The van der Waals surface area contributed by atoms with Gasteiger partial charge in [-0.15, -0.1) is 0 Å². The van der Waals surface area contributed by atoms with Gasteiger partial charge < -0.3 is 4.90 Å². The predicted molar refractivity (Wildman–Crippen MR) is 75.5 cm³/mol. The lowest BCUT2D eigenvalue weighted by atomic mass is 10.00. The Hall–Kier alpha value is -2.16. The first kappa shape index (κ1) is 11.9. The normalized spacial score (nSPS) is 14.3. The van der Waals surface area contributed by atoms with Crippen molar-refractivity contribution in [3.63, 3.8) is 0 Å². The minimum Gasteiger partial charge on any atom is -0.370 e. The van der Waals surface area contributed by atoms with Gasteiger partial charge in [0.2, 0.25) is 0 Å². The number of carbonyl (C=O) groups is 1. The quantitative estimate of drug-likeness (QED) is 0.842. The maximum atomic E-state index is 11.9. The van der Waals surface area contributed by atoms with E-state index in [4.69, 9.17) is 0 Å². The molecule has 0 saturated heterocycles. The van der Waals surface area contributed by atoms with Crippen molar-refractivity contribution in [2.24, 2.45) is 0 Å². The fourth-order valence-electron chi connectivity index (χ4n) is 2.50.